The van der Waals surface area contributed by atoms with Gasteiger partial charge in [-0.3, -0.25) is 0 Å². The zero-order valence-electron chi connectivity index (χ0n) is 28.1. The number of aliphatic hydroxyl groups is 2. The molecular formula is C21H50AcO8P20. The number of carbonyl (C=O) groups excluding carboxylic acids is 1. The number of ether oxygens (including phenoxy) is 3. The van der Waals surface area contributed by atoms with Gasteiger partial charge in [0, 0.05) is 87.6 Å². The van der Waals surface area contributed by atoms with Gasteiger partial charge in [0.05, 0.1) is 46.1 Å². The fourth-order valence-electron chi connectivity index (χ4n) is 8.51. The number of hydrogen-bond donors (Lipinski definition) is 2. The van der Waals surface area contributed by atoms with E-state index in [0.717, 1.165) is 11.1 Å². The predicted molar refractivity (Wildman–Crippen MR) is 266 cm³/mol. The Balaban J connectivity index is 0.00000562. The molecule has 5 aliphatic rings. The molecule has 1 radical (unpaired) electrons. The molecule has 0 amide bonds. The molecule has 2 bridgehead atoms. The van der Waals surface area contributed by atoms with Gasteiger partial charge in [-0.25, -0.2) is 4.79 Å². The Morgan fingerprint density at radius 1 is 0.840 bits per heavy atom. The minimum atomic E-state index is -1.27. The van der Waals surface area contributed by atoms with Crippen LogP contribution in [0.4, 0.5) is 4.79 Å². The zero-order chi connectivity index (χ0) is 36.8. The monoisotopic (exact) mass is 1280 g/mol. The summed E-state index contributed by atoms with van der Waals surface area (Å²) in [6, 6.07) is 0. The predicted octanol–water partition coefficient (Wildman–Crippen LogP) is 13.0. The third-order valence-electron chi connectivity index (χ3n) is 10.6. The van der Waals surface area contributed by atoms with Gasteiger partial charge in [0.15, 0.2) is 11.7 Å². The zero-order valence-corrected chi connectivity index (χ0v) is 53.6. The molecule has 21 unspecified atom stereocenters. The van der Waals surface area contributed by atoms with Gasteiger partial charge >= 0.3 is 6.16 Å². The van der Waals surface area contributed by atoms with Gasteiger partial charge < -0.3 is 33.5 Å². The van der Waals surface area contributed by atoms with Crippen LogP contribution in [0.5, 0.6) is 0 Å². The Morgan fingerprint density at radius 3 is 1.90 bits per heavy atom. The summed E-state index contributed by atoms with van der Waals surface area (Å²) in [6.45, 7) is 5.14. The second kappa shape index (κ2) is 20.4. The van der Waals surface area contributed by atoms with E-state index in [4.69, 9.17) is 23.3 Å². The first kappa shape index (κ1) is 51.5. The Morgan fingerprint density at radius 2 is 1.42 bits per heavy atom. The van der Waals surface area contributed by atoms with Crippen molar-refractivity contribution in [1.82, 2.24) is 0 Å². The Kier molecular flexibility index (Phi) is 21.0. The molecule has 3 aliphatic carbocycles. The number of fused-ring (bicyclic) bond motifs is 5. The quantitative estimate of drug-likeness (QED) is 0.120. The largest absolute Gasteiger partial charge is 0.509 e. The van der Waals surface area contributed by atoms with Crippen LogP contribution in [0.25, 0.3) is 0 Å². The molecule has 2 aliphatic heterocycles. The van der Waals surface area contributed by atoms with Crippen molar-refractivity contribution in [3.63, 3.8) is 0 Å². The summed E-state index contributed by atoms with van der Waals surface area (Å²) in [4.78, 5) is 13.6. The van der Waals surface area contributed by atoms with Gasteiger partial charge in [-0.05, 0) is 59.4 Å². The van der Waals surface area contributed by atoms with Gasteiger partial charge in [0.25, 0.3) is 0 Å². The van der Waals surface area contributed by atoms with E-state index in [0.29, 0.717) is 19.3 Å². The van der Waals surface area contributed by atoms with E-state index in [1.807, 2.05) is 0 Å². The van der Waals surface area contributed by atoms with E-state index in [1.54, 1.807) is 0 Å². The van der Waals surface area contributed by atoms with Crippen molar-refractivity contribution >= 4 is 168 Å². The van der Waals surface area contributed by atoms with E-state index < -0.39 is 116 Å². The minimum absolute atomic E-state index is 0. The molecule has 0 aromatic rings. The Bertz CT molecular complexity index is 1290. The maximum Gasteiger partial charge on any atom is 0.509 e. The third kappa shape index (κ3) is 9.75. The smallest absolute Gasteiger partial charge is 0.426 e. The van der Waals surface area contributed by atoms with Crippen molar-refractivity contribution in [3.05, 3.63) is 11.1 Å². The van der Waals surface area contributed by atoms with Crippen molar-refractivity contribution < 1.29 is 82.3 Å². The molecule has 0 aromatic carbocycles. The molecular weight excluding hydrogens is 1230 g/mol. The van der Waals surface area contributed by atoms with Crippen LogP contribution in [-0.2, 0) is 23.3 Å². The Hall–Kier alpha value is 8.85. The minimum Gasteiger partial charge on any atom is -0.426 e. The first-order valence-corrected chi connectivity index (χ1v) is 49.6. The van der Waals surface area contributed by atoms with Crippen molar-refractivity contribution in [2.75, 3.05) is 6.61 Å². The summed E-state index contributed by atoms with van der Waals surface area (Å²) >= 11 is 0. The summed E-state index contributed by atoms with van der Waals surface area (Å²) in [5.41, 5.74) is -2.15. The van der Waals surface area contributed by atoms with E-state index in [-0.39, 0.29) is 62.9 Å². The average Bonchev–Trinajstić information content (AvgIpc) is 3.28. The summed E-state index contributed by atoms with van der Waals surface area (Å²) < 4.78 is 33.5. The molecule has 4 fully saturated rings. The van der Waals surface area contributed by atoms with E-state index in [1.165, 1.54) is 0 Å². The molecule has 0 aromatic heterocycles. The van der Waals surface area contributed by atoms with Crippen LogP contribution in [-0.4, -0.2) is 64.7 Å². The molecule has 2 heterocycles. The summed E-state index contributed by atoms with van der Waals surface area (Å²) in [7, 11) is 31.5. The topological polar surface area (TPSA) is 104 Å². The van der Waals surface area contributed by atoms with Crippen molar-refractivity contribution in [2.45, 2.75) is 88.7 Å². The first-order valence-electron chi connectivity index (χ1n) is 14.9. The molecule has 2 N–H and O–H groups in total. The molecule has 22 atom stereocenters. The second-order valence-electron chi connectivity index (χ2n) is 13.6. The van der Waals surface area contributed by atoms with Gasteiger partial charge in [0.1, 0.15) is 5.60 Å². The maximum atomic E-state index is 13.6. The number of rotatable bonds is 11. The standard InChI is InChI=1S/C21H50O8P20.Ac/c1-9-11(28-42(48(40)45(34)35)49(46(36)37)47(38)39)7-21-16(26-17(23)27-21)15-19(4,6-10(22)14(9)18(21,2)3)12(5-13-20(15,24)8-25-13)29-41(43(30)31)44(32)33;/h10-13,15-16,22,24H,5-8,30-40H2,1-4H3;/t10?,11?,12?,13?,15?,16?,19-,20?,21?,42?,48?;/m1./s1. The van der Waals surface area contributed by atoms with Crippen LogP contribution >= 0.6 is 162 Å². The maximum absolute atomic E-state index is 13.6. The van der Waals surface area contributed by atoms with Gasteiger partial charge in [-0.2, -0.15) is 0 Å². The Labute approximate surface area is 369 Å². The fourth-order valence-corrected chi connectivity index (χ4v) is 137. The van der Waals surface area contributed by atoms with Crippen molar-refractivity contribution in [2.24, 2.45) is 16.7 Å². The summed E-state index contributed by atoms with van der Waals surface area (Å²) in [5, 5.41) is 25.2. The van der Waals surface area contributed by atoms with Crippen LogP contribution in [0, 0.1) is 60.8 Å². The average molecular weight is 1280 g/mol. The van der Waals surface area contributed by atoms with Crippen molar-refractivity contribution in [1.29, 1.82) is 0 Å². The summed E-state index contributed by atoms with van der Waals surface area (Å²) in [5.74, 6) is -0.598. The third-order valence-corrected chi connectivity index (χ3v) is 104. The molecule has 50 heavy (non-hydrogen) atoms. The van der Waals surface area contributed by atoms with Crippen LogP contribution in [0.1, 0.15) is 47.0 Å². The first-order chi connectivity index (χ1) is 22.5. The van der Waals surface area contributed by atoms with Crippen LogP contribution in [0.3, 0.4) is 0 Å². The van der Waals surface area contributed by atoms with E-state index >= 15 is 0 Å². The SMILES string of the molecule is CC1=C2C(O)C[C@]3(C)C(OP(P(P)P)P(P)P)CC4OCC4(O)C3C3OC(=O)OC3(CC1OP(P(P)P(P)P)P(P(P)P)P(P)P)C2(C)C.[Ac]. The molecule has 29 heteroatoms. The molecule has 2 saturated heterocycles. The van der Waals surface area contributed by atoms with Crippen LogP contribution in [0.2, 0.25) is 0 Å². The normalized spacial score (nSPS) is 39.1. The van der Waals surface area contributed by atoms with Gasteiger partial charge in [-0.1, -0.05) is 29.7 Å². The molecule has 5 rings (SSSR count). The number of hydrogen-bond acceptors (Lipinski definition) is 8. The van der Waals surface area contributed by atoms with Crippen LogP contribution in [0.15, 0.2) is 11.1 Å². The second-order valence-corrected chi connectivity index (χ2v) is 86.0. The van der Waals surface area contributed by atoms with E-state index in [9.17, 15) is 15.0 Å². The fraction of sp³-hybridized carbons (Fsp3) is 0.857. The van der Waals surface area contributed by atoms with Gasteiger partial charge in [0.2, 0.25) is 0 Å². The van der Waals surface area contributed by atoms with Crippen molar-refractivity contribution in [3.8, 4) is 0 Å². The number of aliphatic hydroxyl groups excluding tert-OH is 1. The van der Waals surface area contributed by atoms with Gasteiger partial charge in [-0.15, -0.1) is 89.3 Å². The van der Waals surface area contributed by atoms with E-state index in [2.05, 4.69) is 126 Å². The molecule has 8 nitrogen and oxygen atoms in total. The summed E-state index contributed by atoms with van der Waals surface area (Å²) in [6.07, 6.45) is -2.36. The number of carbonyl (C=O) groups is 1. The molecule has 285 valence electrons. The van der Waals surface area contributed by atoms with Crippen LogP contribution < -0.4 is 0 Å². The molecule has 2 saturated carbocycles. The molecule has 1 spiro atoms.